The molecular formula is C13H11ClN2O5S. The third-order valence-electron chi connectivity index (χ3n) is 2.72. The quantitative estimate of drug-likeness (QED) is 0.662. The molecule has 0 spiro atoms. The van der Waals surface area contributed by atoms with Crippen LogP contribution in [-0.4, -0.2) is 25.1 Å². The SMILES string of the molecule is COc1cc(NC(=O)c2ccc([N+](=O)[O-])s2)c(OC)cc1Cl. The molecule has 0 aliphatic carbocycles. The monoisotopic (exact) mass is 342 g/mol. The average Bonchev–Trinajstić information content (AvgIpc) is 2.98. The summed E-state index contributed by atoms with van der Waals surface area (Å²) in [6, 6.07) is 5.69. The fraction of sp³-hybridized carbons (Fsp3) is 0.154. The van der Waals surface area contributed by atoms with E-state index in [1.165, 1.54) is 38.5 Å². The van der Waals surface area contributed by atoms with Crippen LogP contribution in [0.25, 0.3) is 0 Å². The molecule has 1 aromatic heterocycles. The van der Waals surface area contributed by atoms with Crippen LogP contribution in [-0.2, 0) is 0 Å². The van der Waals surface area contributed by atoms with E-state index in [9.17, 15) is 14.9 Å². The lowest BCUT2D eigenvalue weighted by Gasteiger charge is -2.12. The molecule has 0 aliphatic rings. The van der Waals surface area contributed by atoms with Gasteiger partial charge < -0.3 is 14.8 Å². The second kappa shape index (κ2) is 6.63. The maximum absolute atomic E-state index is 12.2. The van der Waals surface area contributed by atoms with Crippen LogP contribution in [0.2, 0.25) is 5.02 Å². The van der Waals surface area contributed by atoms with Crippen LogP contribution in [0.5, 0.6) is 11.5 Å². The molecule has 1 heterocycles. The van der Waals surface area contributed by atoms with Crippen molar-refractivity contribution in [3.8, 4) is 11.5 Å². The lowest BCUT2D eigenvalue weighted by Crippen LogP contribution is -2.11. The van der Waals surface area contributed by atoms with Crippen LogP contribution in [0.3, 0.4) is 0 Å². The van der Waals surface area contributed by atoms with E-state index in [0.717, 1.165) is 11.3 Å². The van der Waals surface area contributed by atoms with Crippen LogP contribution in [0.1, 0.15) is 9.67 Å². The summed E-state index contributed by atoms with van der Waals surface area (Å²) < 4.78 is 10.2. The van der Waals surface area contributed by atoms with E-state index in [0.29, 0.717) is 22.2 Å². The highest BCUT2D eigenvalue weighted by Gasteiger charge is 2.18. The molecule has 7 nitrogen and oxygen atoms in total. The number of carbonyl (C=O) groups is 1. The van der Waals surface area contributed by atoms with Gasteiger partial charge in [-0.25, -0.2) is 0 Å². The molecule has 0 bridgehead atoms. The lowest BCUT2D eigenvalue weighted by atomic mass is 10.2. The summed E-state index contributed by atoms with van der Waals surface area (Å²) in [5.41, 5.74) is 0.352. The Bertz CT molecular complexity index is 731. The number of thiophene rings is 1. The maximum Gasteiger partial charge on any atom is 0.324 e. The predicted molar refractivity (Wildman–Crippen MR) is 83.5 cm³/mol. The van der Waals surface area contributed by atoms with Gasteiger partial charge >= 0.3 is 5.00 Å². The molecule has 1 amide bonds. The number of benzene rings is 1. The number of hydrogen-bond donors (Lipinski definition) is 1. The molecular weight excluding hydrogens is 332 g/mol. The number of amides is 1. The summed E-state index contributed by atoms with van der Waals surface area (Å²) in [5.74, 6) is 0.237. The minimum atomic E-state index is -0.548. The number of methoxy groups -OCH3 is 2. The molecule has 0 radical (unpaired) electrons. The molecule has 0 saturated heterocycles. The van der Waals surface area contributed by atoms with Crippen molar-refractivity contribution in [3.63, 3.8) is 0 Å². The smallest absolute Gasteiger partial charge is 0.324 e. The van der Waals surface area contributed by atoms with Gasteiger partial charge in [0, 0.05) is 18.2 Å². The number of anilines is 1. The number of hydrogen-bond acceptors (Lipinski definition) is 6. The van der Waals surface area contributed by atoms with Crippen molar-refractivity contribution in [2.75, 3.05) is 19.5 Å². The van der Waals surface area contributed by atoms with Gasteiger partial charge in [-0.15, -0.1) is 0 Å². The van der Waals surface area contributed by atoms with Gasteiger partial charge in [-0.1, -0.05) is 22.9 Å². The van der Waals surface area contributed by atoms with Crippen LogP contribution in [0.15, 0.2) is 24.3 Å². The van der Waals surface area contributed by atoms with Crippen LogP contribution >= 0.6 is 22.9 Å². The first-order valence-corrected chi connectivity index (χ1v) is 7.12. The zero-order chi connectivity index (χ0) is 16.3. The summed E-state index contributed by atoms with van der Waals surface area (Å²) in [5, 5.41) is 13.5. The number of rotatable bonds is 5. The first-order chi connectivity index (χ1) is 10.5. The second-order valence-corrected chi connectivity index (χ2v) is 5.51. The highest BCUT2D eigenvalue weighted by Crippen LogP contribution is 2.36. The Hall–Kier alpha value is -2.32. The molecule has 22 heavy (non-hydrogen) atoms. The van der Waals surface area contributed by atoms with Gasteiger partial charge in [-0.3, -0.25) is 14.9 Å². The van der Waals surface area contributed by atoms with Crippen molar-refractivity contribution in [3.05, 3.63) is 44.3 Å². The Morgan fingerprint density at radius 3 is 2.50 bits per heavy atom. The zero-order valence-corrected chi connectivity index (χ0v) is 13.2. The number of carbonyl (C=O) groups excluding carboxylic acids is 1. The van der Waals surface area contributed by atoms with E-state index >= 15 is 0 Å². The van der Waals surface area contributed by atoms with E-state index in [2.05, 4.69) is 5.32 Å². The van der Waals surface area contributed by atoms with E-state index in [4.69, 9.17) is 21.1 Å². The molecule has 0 aliphatic heterocycles. The molecule has 0 saturated carbocycles. The standard InChI is InChI=1S/C13H11ClN2O5S/c1-20-9-6-8(10(21-2)5-7(9)14)15-13(17)11-3-4-12(22-11)16(18)19/h3-6H,1-2H3,(H,15,17). The van der Waals surface area contributed by atoms with E-state index in [1.54, 1.807) is 0 Å². The van der Waals surface area contributed by atoms with Gasteiger partial charge in [0.15, 0.2) is 0 Å². The van der Waals surface area contributed by atoms with Crippen molar-refractivity contribution in [2.45, 2.75) is 0 Å². The summed E-state index contributed by atoms with van der Waals surface area (Å²) in [7, 11) is 2.88. The molecule has 116 valence electrons. The fourth-order valence-corrected chi connectivity index (χ4v) is 2.64. The average molecular weight is 343 g/mol. The highest BCUT2D eigenvalue weighted by atomic mass is 35.5. The fourth-order valence-electron chi connectivity index (χ4n) is 1.69. The van der Waals surface area contributed by atoms with E-state index in [1.807, 2.05) is 0 Å². The largest absolute Gasteiger partial charge is 0.495 e. The van der Waals surface area contributed by atoms with Crippen molar-refractivity contribution < 1.29 is 19.2 Å². The minimum Gasteiger partial charge on any atom is -0.495 e. The normalized spacial score (nSPS) is 10.1. The second-order valence-electron chi connectivity index (χ2n) is 4.04. The van der Waals surface area contributed by atoms with Crippen molar-refractivity contribution >= 4 is 39.5 Å². The van der Waals surface area contributed by atoms with Gasteiger partial charge in [0.1, 0.15) is 11.5 Å². The van der Waals surface area contributed by atoms with Gasteiger partial charge in [-0.2, -0.15) is 0 Å². The zero-order valence-electron chi connectivity index (χ0n) is 11.6. The third-order valence-corrected chi connectivity index (χ3v) is 4.05. The molecule has 0 atom stereocenters. The Labute approximate surface area is 134 Å². The minimum absolute atomic E-state index is 0.106. The van der Waals surface area contributed by atoms with E-state index in [-0.39, 0.29) is 9.88 Å². The number of nitrogens with one attached hydrogen (secondary N) is 1. The number of ether oxygens (including phenoxy) is 2. The summed E-state index contributed by atoms with van der Waals surface area (Å²) in [4.78, 5) is 22.5. The Morgan fingerprint density at radius 1 is 1.27 bits per heavy atom. The van der Waals surface area contributed by atoms with Crippen LogP contribution in [0, 0.1) is 10.1 Å². The van der Waals surface area contributed by atoms with Crippen molar-refractivity contribution in [1.82, 2.24) is 0 Å². The topological polar surface area (TPSA) is 90.7 Å². The van der Waals surface area contributed by atoms with Gasteiger partial charge in [-0.05, 0) is 6.07 Å². The van der Waals surface area contributed by atoms with Gasteiger partial charge in [0.05, 0.1) is 34.7 Å². The number of nitrogens with zero attached hydrogens (tertiary/aromatic N) is 1. The van der Waals surface area contributed by atoms with Crippen molar-refractivity contribution in [2.24, 2.45) is 0 Å². The Balaban J connectivity index is 2.28. The summed E-state index contributed by atoms with van der Waals surface area (Å²) in [6.45, 7) is 0. The highest BCUT2D eigenvalue weighted by molar-refractivity contribution is 7.17. The predicted octanol–water partition coefficient (Wildman–Crippen LogP) is 3.58. The summed E-state index contributed by atoms with van der Waals surface area (Å²) in [6.07, 6.45) is 0. The van der Waals surface area contributed by atoms with Gasteiger partial charge in [0.25, 0.3) is 5.91 Å². The third kappa shape index (κ3) is 3.29. The van der Waals surface area contributed by atoms with Gasteiger partial charge in [0.2, 0.25) is 0 Å². The summed E-state index contributed by atoms with van der Waals surface area (Å²) >= 11 is 6.77. The molecule has 1 aromatic carbocycles. The first kappa shape index (κ1) is 16.1. The van der Waals surface area contributed by atoms with Crippen LogP contribution < -0.4 is 14.8 Å². The van der Waals surface area contributed by atoms with Crippen molar-refractivity contribution in [1.29, 1.82) is 0 Å². The molecule has 0 unspecified atom stereocenters. The maximum atomic E-state index is 12.2. The first-order valence-electron chi connectivity index (χ1n) is 5.93. The number of halogens is 1. The lowest BCUT2D eigenvalue weighted by molar-refractivity contribution is -0.380. The number of nitro groups is 1. The molecule has 9 heteroatoms. The molecule has 0 fully saturated rings. The molecule has 2 rings (SSSR count). The Kier molecular flexibility index (Phi) is 4.84. The van der Waals surface area contributed by atoms with Crippen LogP contribution in [0.4, 0.5) is 10.7 Å². The van der Waals surface area contributed by atoms with E-state index < -0.39 is 10.8 Å². The Morgan fingerprint density at radius 2 is 1.95 bits per heavy atom. The molecule has 2 aromatic rings. The molecule has 1 N–H and O–H groups in total.